The van der Waals surface area contributed by atoms with Gasteiger partial charge in [-0.25, -0.2) is 0 Å². The van der Waals surface area contributed by atoms with Crippen LogP contribution in [0.5, 0.6) is 0 Å². The summed E-state index contributed by atoms with van der Waals surface area (Å²) in [5.74, 6) is -0.952. The van der Waals surface area contributed by atoms with E-state index in [1.54, 1.807) is 0 Å². The van der Waals surface area contributed by atoms with Crippen molar-refractivity contribution in [3.63, 3.8) is 0 Å². The lowest BCUT2D eigenvalue weighted by molar-refractivity contribution is -0.122. The van der Waals surface area contributed by atoms with Crippen LogP contribution in [0.15, 0.2) is 48.6 Å². The highest BCUT2D eigenvalue weighted by Crippen LogP contribution is 2.16. The van der Waals surface area contributed by atoms with Gasteiger partial charge in [-0.05, 0) is 51.4 Å². The van der Waals surface area contributed by atoms with Crippen molar-refractivity contribution in [2.75, 3.05) is 5.75 Å². The van der Waals surface area contributed by atoms with Gasteiger partial charge in [0.15, 0.2) is 0 Å². The summed E-state index contributed by atoms with van der Waals surface area (Å²) in [5.41, 5.74) is 0. The monoisotopic (exact) mass is 694 g/mol. The second-order valence-corrected chi connectivity index (χ2v) is 15.0. The lowest BCUT2D eigenvalue weighted by Gasteiger charge is -2.23. The number of nitrogens with one attached hydrogen (secondary N) is 1. The van der Waals surface area contributed by atoms with Crippen LogP contribution in [0.3, 0.4) is 0 Å². The summed E-state index contributed by atoms with van der Waals surface area (Å²) in [7, 11) is -4.32. The summed E-state index contributed by atoms with van der Waals surface area (Å²) in [5, 5.41) is 13.3. The molecule has 7 heteroatoms. The molecule has 3 N–H and O–H groups in total. The number of hydrogen-bond donors (Lipinski definition) is 3. The Balaban J connectivity index is 3.94. The third kappa shape index (κ3) is 35.6. The third-order valence-electron chi connectivity index (χ3n) is 8.80. The zero-order valence-electron chi connectivity index (χ0n) is 31.1. The normalized spacial score (nSPS) is 13.8. The summed E-state index contributed by atoms with van der Waals surface area (Å²) in [6, 6.07) is -0.993. The number of amides is 1. The van der Waals surface area contributed by atoms with Gasteiger partial charge in [0, 0.05) is 6.42 Å². The Hall–Kier alpha value is -1.70. The van der Waals surface area contributed by atoms with Gasteiger partial charge in [0.25, 0.3) is 10.1 Å². The van der Waals surface area contributed by atoms with Crippen LogP contribution in [0, 0.1) is 0 Å². The molecule has 280 valence electrons. The van der Waals surface area contributed by atoms with Crippen LogP contribution < -0.4 is 5.32 Å². The summed E-state index contributed by atoms with van der Waals surface area (Å²) >= 11 is 0. The van der Waals surface area contributed by atoms with E-state index in [-0.39, 0.29) is 12.3 Å². The average molecular weight is 694 g/mol. The van der Waals surface area contributed by atoms with Crippen molar-refractivity contribution < 1.29 is 22.9 Å². The SMILES string of the molecule is CC/C=C\C/C=C\C/C=C\C/C=C\CCCCC(=O)NC(CS(=O)(=O)O)C(O)CCCCCCCCCCCCCCCCCCCC. The van der Waals surface area contributed by atoms with E-state index in [0.717, 1.165) is 57.8 Å². The predicted molar refractivity (Wildman–Crippen MR) is 207 cm³/mol. The van der Waals surface area contributed by atoms with Gasteiger partial charge >= 0.3 is 0 Å². The van der Waals surface area contributed by atoms with Gasteiger partial charge in [-0.3, -0.25) is 9.35 Å². The van der Waals surface area contributed by atoms with Crippen molar-refractivity contribution in [1.82, 2.24) is 5.32 Å². The Morgan fingerprint density at radius 2 is 1.00 bits per heavy atom. The van der Waals surface area contributed by atoms with Gasteiger partial charge in [-0.1, -0.05) is 178 Å². The van der Waals surface area contributed by atoms with Crippen molar-refractivity contribution in [2.24, 2.45) is 0 Å². The molecule has 0 fully saturated rings. The second kappa shape index (κ2) is 35.1. The zero-order valence-corrected chi connectivity index (χ0v) is 31.9. The smallest absolute Gasteiger partial charge is 0.266 e. The maximum absolute atomic E-state index is 12.5. The quantitative estimate of drug-likeness (QED) is 0.0348. The molecule has 0 heterocycles. The molecule has 0 spiro atoms. The lowest BCUT2D eigenvalue weighted by atomic mass is 10.0. The molecule has 6 nitrogen and oxygen atoms in total. The Morgan fingerprint density at radius 1 is 0.583 bits per heavy atom. The molecule has 0 saturated carbocycles. The first-order valence-corrected chi connectivity index (χ1v) is 21.4. The molecule has 0 aliphatic heterocycles. The number of allylic oxidation sites excluding steroid dienone is 8. The number of aliphatic hydroxyl groups excluding tert-OH is 1. The van der Waals surface area contributed by atoms with Crippen molar-refractivity contribution in [3.8, 4) is 0 Å². The van der Waals surface area contributed by atoms with E-state index in [9.17, 15) is 22.9 Å². The molecule has 0 aliphatic carbocycles. The maximum atomic E-state index is 12.5. The van der Waals surface area contributed by atoms with Crippen LogP contribution in [0.2, 0.25) is 0 Å². The molecule has 0 radical (unpaired) electrons. The highest BCUT2D eigenvalue weighted by molar-refractivity contribution is 7.85. The molecule has 0 bridgehead atoms. The molecule has 0 aliphatic rings. The van der Waals surface area contributed by atoms with Gasteiger partial charge in [-0.15, -0.1) is 0 Å². The fourth-order valence-corrected chi connectivity index (χ4v) is 6.62. The first-order chi connectivity index (χ1) is 23.3. The van der Waals surface area contributed by atoms with E-state index in [1.807, 2.05) is 0 Å². The maximum Gasteiger partial charge on any atom is 0.266 e. The highest BCUT2D eigenvalue weighted by atomic mass is 32.2. The Morgan fingerprint density at radius 3 is 1.44 bits per heavy atom. The number of hydrogen-bond acceptors (Lipinski definition) is 4. The molecule has 2 atom stereocenters. The van der Waals surface area contributed by atoms with Crippen LogP contribution in [0.1, 0.15) is 187 Å². The molecule has 0 aromatic rings. The largest absolute Gasteiger partial charge is 0.391 e. The fourth-order valence-electron chi connectivity index (χ4n) is 5.86. The van der Waals surface area contributed by atoms with Crippen molar-refractivity contribution in [3.05, 3.63) is 48.6 Å². The fraction of sp³-hybridized carbons (Fsp3) is 0.780. The standard InChI is InChI=1S/C41H75NO5S/c1-3-5-7-9-11-13-15-17-19-20-21-23-24-26-28-30-32-34-36-40(43)39(38-48(45,46)47)42-41(44)37-35-33-31-29-27-25-22-18-16-14-12-10-8-6-4-2/h6,8,12,14,18,22,27,29,39-40,43H,3-5,7,9-11,13,15-17,19-21,23-26,28,30-38H2,1-2H3,(H,42,44)(H,45,46,47)/b8-6-,14-12-,22-18-,29-27-. The summed E-state index contributed by atoms with van der Waals surface area (Å²) in [4.78, 5) is 12.5. The van der Waals surface area contributed by atoms with Gasteiger partial charge in [0.1, 0.15) is 0 Å². The third-order valence-corrected chi connectivity index (χ3v) is 9.58. The van der Waals surface area contributed by atoms with E-state index in [2.05, 4.69) is 67.8 Å². The van der Waals surface area contributed by atoms with Crippen LogP contribution in [0.4, 0.5) is 0 Å². The summed E-state index contributed by atoms with van der Waals surface area (Å²) in [6.45, 7) is 4.40. The zero-order chi connectivity index (χ0) is 35.4. The number of carbonyl (C=O) groups is 1. The predicted octanol–water partition coefficient (Wildman–Crippen LogP) is 11.5. The number of aliphatic hydroxyl groups is 1. The molecule has 0 saturated heterocycles. The van der Waals surface area contributed by atoms with Gasteiger partial charge in [0.05, 0.1) is 17.9 Å². The van der Waals surface area contributed by atoms with E-state index >= 15 is 0 Å². The molecule has 0 aromatic carbocycles. The van der Waals surface area contributed by atoms with Crippen LogP contribution in [-0.4, -0.2) is 41.9 Å². The van der Waals surface area contributed by atoms with Crippen molar-refractivity contribution >= 4 is 16.0 Å². The summed E-state index contributed by atoms with van der Waals surface area (Å²) in [6.07, 6.45) is 46.3. The number of rotatable bonds is 35. The van der Waals surface area contributed by atoms with E-state index in [4.69, 9.17) is 0 Å². The Labute approximate surface area is 297 Å². The van der Waals surface area contributed by atoms with Crippen LogP contribution in [-0.2, 0) is 14.9 Å². The van der Waals surface area contributed by atoms with E-state index < -0.39 is 28.0 Å². The minimum Gasteiger partial charge on any atom is -0.391 e. The first-order valence-electron chi connectivity index (χ1n) is 19.8. The molecule has 0 aromatic heterocycles. The van der Waals surface area contributed by atoms with E-state index in [0.29, 0.717) is 12.8 Å². The minimum absolute atomic E-state index is 0.265. The van der Waals surface area contributed by atoms with Crippen LogP contribution >= 0.6 is 0 Å². The number of unbranched alkanes of at least 4 members (excludes halogenated alkanes) is 19. The molecule has 0 rings (SSSR count). The molecular formula is C41H75NO5S. The molecule has 1 amide bonds. The topological polar surface area (TPSA) is 104 Å². The molecule has 48 heavy (non-hydrogen) atoms. The first kappa shape index (κ1) is 46.3. The Bertz CT molecular complexity index is 940. The molecular weight excluding hydrogens is 619 g/mol. The second-order valence-electron chi connectivity index (χ2n) is 13.5. The average Bonchev–Trinajstić information content (AvgIpc) is 3.05. The lowest BCUT2D eigenvalue weighted by Crippen LogP contribution is -2.47. The summed E-state index contributed by atoms with van der Waals surface area (Å²) < 4.78 is 32.5. The number of carbonyl (C=O) groups excluding carboxylic acids is 1. The van der Waals surface area contributed by atoms with E-state index in [1.165, 1.54) is 96.3 Å². The minimum atomic E-state index is -4.32. The van der Waals surface area contributed by atoms with Crippen LogP contribution in [0.25, 0.3) is 0 Å². The van der Waals surface area contributed by atoms with Gasteiger partial charge in [0.2, 0.25) is 5.91 Å². The van der Waals surface area contributed by atoms with Gasteiger partial charge in [-0.2, -0.15) is 8.42 Å². The Kier molecular flexibility index (Phi) is 33.9. The van der Waals surface area contributed by atoms with Crippen molar-refractivity contribution in [2.45, 2.75) is 199 Å². The molecule has 2 unspecified atom stereocenters. The highest BCUT2D eigenvalue weighted by Gasteiger charge is 2.26. The van der Waals surface area contributed by atoms with Crippen molar-refractivity contribution in [1.29, 1.82) is 0 Å². The van der Waals surface area contributed by atoms with Gasteiger partial charge < -0.3 is 10.4 Å².